The van der Waals surface area contributed by atoms with Gasteiger partial charge in [-0.15, -0.1) is 21.5 Å². The molecule has 166 valence electrons. The molecule has 1 aliphatic heterocycles. The summed E-state index contributed by atoms with van der Waals surface area (Å²) in [5, 5.41) is 12.5. The smallest absolute Gasteiger partial charge is 0.258 e. The van der Waals surface area contributed by atoms with E-state index >= 15 is 0 Å². The molecule has 0 amide bonds. The Morgan fingerprint density at radius 1 is 1.16 bits per heavy atom. The fourth-order valence-electron chi connectivity index (χ4n) is 4.05. The second-order valence-electron chi connectivity index (χ2n) is 7.86. The summed E-state index contributed by atoms with van der Waals surface area (Å²) >= 11 is 9.13. The Morgan fingerprint density at radius 3 is 2.72 bits per heavy atom. The van der Waals surface area contributed by atoms with Crippen LogP contribution in [0.5, 0.6) is 0 Å². The van der Waals surface area contributed by atoms with Gasteiger partial charge in [-0.1, -0.05) is 29.8 Å². The van der Waals surface area contributed by atoms with E-state index < -0.39 is 0 Å². The SMILES string of the molecule is C[C@@H](c1nnc(SCc2cc(=O)n3ccsc3n2)n1-c1ccc(Cl)cc1)N1CCCCC1. The molecule has 3 aromatic heterocycles. The second-order valence-corrected chi connectivity index (χ2v) is 10.1. The highest BCUT2D eigenvalue weighted by Crippen LogP contribution is 2.31. The zero-order chi connectivity index (χ0) is 22.1. The number of rotatable bonds is 6. The fraction of sp³-hybridized carbons (Fsp3) is 0.364. The lowest BCUT2D eigenvalue weighted by molar-refractivity contribution is 0.167. The summed E-state index contributed by atoms with van der Waals surface area (Å²) in [5.41, 5.74) is 1.65. The highest BCUT2D eigenvalue weighted by molar-refractivity contribution is 7.98. The predicted octanol–water partition coefficient (Wildman–Crippen LogP) is 4.83. The molecule has 4 heterocycles. The van der Waals surface area contributed by atoms with Crippen LogP contribution in [0.2, 0.25) is 5.02 Å². The van der Waals surface area contributed by atoms with Crippen molar-refractivity contribution < 1.29 is 0 Å². The highest BCUT2D eigenvalue weighted by Gasteiger charge is 2.25. The van der Waals surface area contributed by atoms with E-state index in [-0.39, 0.29) is 11.6 Å². The number of aromatic nitrogens is 5. The van der Waals surface area contributed by atoms with Crippen molar-refractivity contribution in [1.82, 2.24) is 29.0 Å². The van der Waals surface area contributed by atoms with Crippen molar-refractivity contribution >= 4 is 39.7 Å². The molecule has 7 nitrogen and oxygen atoms in total. The molecular formula is C22H23ClN6OS2. The summed E-state index contributed by atoms with van der Waals surface area (Å²) in [6.45, 7) is 4.35. The normalized spacial score (nSPS) is 15.9. The van der Waals surface area contributed by atoms with Crippen LogP contribution in [-0.4, -0.2) is 42.1 Å². The number of benzene rings is 1. The van der Waals surface area contributed by atoms with Gasteiger partial charge in [-0.3, -0.25) is 18.7 Å². The molecule has 1 atom stereocenters. The molecule has 0 bridgehead atoms. The van der Waals surface area contributed by atoms with Gasteiger partial charge in [0.05, 0.1) is 11.7 Å². The molecule has 32 heavy (non-hydrogen) atoms. The van der Waals surface area contributed by atoms with Gasteiger partial charge in [0.25, 0.3) is 5.56 Å². The number of nitrogens with zero attached hydrogens (tertiary/aromatic N) is 6. The van der Waals surface area contributed by atoms with Gasteiger partial charge < -0.3 is 0 Å². The van der Waals surface area contributed by atoms with Crippen LogP contribution in [0, 0.1) is 0 Å². The van der Waals surface area contributed by atoms with Crippen LogP contribution >= 0.6 is 34.7 Å². The topological polar surface area (TPSA) is 68.3 Å². The quantitative estimate of drug-likeness (QED) is 0.364. The van der Waals surface area contributed by atoms with Gasteiger partial charge in [0, 0.05) is 34.1 Å². The maximum absolute atomic E-state index is 12.3. The molecule has 1 aromatic carbocycles. The van der Waals surface area contributed by atoms with Crippen molar-refractivity contribution in [2.75, 3.05) is 13.1 Å². The van der Waals surface area contributed by atoms with Crippen LogP contribution in [-0.2, 0) is 5.75 Å². The standard InChI is InChI=1S/C22H23ClN6OS2/c1-15(27-9-3-2-4-10-27)20-25-26-22(29(20)18-7-5-16(23)6-8-18)32-14-17-13-19(30)28-11-12-31-21(28)24-17/h5-8,11-13,15H,2-4,9-10,14H2,1H3/t15-/m0/s1. The third kappa shape index (κ3) is 4.34. The average molecular weight is 487 g/mol. The molecule has 1 aliphatic rings. The van der Waals surface area contributed by atoms with Crippen molar-refractivity contribution in [3.05, 3.63) is 68.8 Å². The zero-order valence-electron chi connectivity index (χ0n) is 17.6. The van der Waals surface area contributed by atoms with E-state index in [0.29, 0.717) is 15.7 Å². The van der Waals surface area contributed by atoms with Gasteiger partial charge >= 0.3 is 0 Å². The Hall–Kier alpha value is -2.20. The summed E-state index contributed by atoms with van der Waals surface area (Å²) < 4.78 is 3.67. The van der Waals surface area contributed by atoms with Gasteiger partial charge in [0.15, 0.2) is 15.9 Å². The number of piperidine rings is 1. The molecular weight excluding hydrogens is 464 g/mol. The summed E-state index contributed by atoms with van der Waals surface area (Å²) in [6, 6.07) is 9.49. The Labute approximate surface area is 199 Å². The largest absolute Gasteiger partial charge is 0.294 e. The number of likely N-dealkylation sites (tertiary alicyclic amines) is 1. The first-order chi connectivity index (χ1) is 15.6. The lowest BCUT2D eigenvalue weighted by atomic mass is 10.1. The molecule has 0 N–H and O–H groups in total. The predicted molar refractivity (Wildman–Crippen MR) is 129 cm³/mol. The summed E-state index contributed by atoms with van der Waals surface area (Å²) in [4.78, 5) is 20.1. The van der Waals surface area contributed by atoms with E-state index in [9.17, 15) is 4.79 Å². The lowest BCUT2D eigenvalue weighted by Gasteiger charge is -2.31. The van der Waals surface area contributed by atoms with Gasteiger partial charge in [-0.05, 0) is 57.1 Å². The Morgan fingerprint density at radius 2 is 1.94 bits per heavy atom. The zero-order valence-corrected chi connectivity index (χ0v) is 20.0. The van der Waals surface area contributed by atoms with Crippen molar-refractivity contribution in [3.8, 4) is 5.69 Å². The summed E-state index contributed by atoms with van der Waals surface area (Å²) in [7, 11) is 0. The van der Waals surface area contributed by atoms with Crippen LogP contribution in [0.1, 0.15) is 43.7 Å². The molecule has 4 aromatic rings. The van der Waals surface area contributed by atoms with E-state index in [2.05, 4.69) is 31.6 Å². The molecule has 0 saturated carbocycles. The van der Waals surface area contributed by atoms with Crippen molar-refractivity contribution in [2.24, 2.45) is 0 Å². The maximum Gasteiger partial charge on any atom is 0.258 e. The first-order valence-corrected chi connectivity index (χ1v) is 12.9. The van der Waals surface area contributed by atoms with Crippen LogP contribution in [0.3, 0.4) is 0 Å². The molecule has 0 radical (unpaired) electrons. The number of thiazole rings is 1. The molecule has 5 rings (SSSR count). The minimum Gasteiger partial charge on any atom is -0.294 e. The number of fused-ring (bicyclic) bond motifs is 1. The van der Waals surface area contributed by atoms with E-state index in [0.717, 1.165) is 35.5 Å². The highest BCUT2D eigenvalue weighted by atomic mass is 35.5. The van der Waals surface area contributed by atoms with Crippen LogP contribution in [0.15, 0.2) is 51.9 Å². The number of hydrogen-bond donors (Lipinski definition) is 0. The van der Waals surface area contributed by atoms with Gasteiger partial charge in [0.1, 0.15) is 0 Å². The minimum atomic E-state index is -0.0644. The van der Waals surface area contributed by atoms with E-state index in [1.54, 1.807) is 16.7 Å². The molecule has 1 fully saturated rings. The van der Waals surface area contributed by atoms with Gasteiger partial charge in [-0.25, -0.2) is 4.98 Å². The van der Waals surface area contributed by atoms with Gasteiger partial charge in [-0.2, -0.15) is 0 Å². The molecule has 0 aliphatic carbocycles. The number of hydrogen-bond acceptors (Lipinski definition) is 7. The Balaban J connectivity index is 1.47. The lowest BCUT2D eigenvalue weighted by Crippen LogP contribution is -2.33. The Kier molecular flexibility index (Phi) is 6.32. The molecule has 1 saturated heterocycles. The summed E-state index contributed by atoms with van der Waals surface area (Å²) in [5.74, 6) is 1.45. The van der Waals surface area contributed by atoms with Gasteiger partial charge in [0.2, 0.25) is 0 Å². The summed E-state index contributed by atoms with van der Waals surface area (Å²) in [6.07, 6.45) is 5.47. The maximum atomic E-state index is 12.3. The van der Waals surface area contributed by atoms with Crippen LogP contribution in [0.4, 0.5) is 0 Å². The molecule has 0 spiro atoms. The fourth-order valence-corrected chi connectivity index (χ4v) is 5.76. The molecule has 0 unspecified atom stereocenters. The third-order valence-electron chi connectivity index (χ3n) is 5.76. The van der Waals surface area contributed by atoms with Crippen molar-refractivity contribution in [2.45, 2.75) is 43.1 Å². The number of halogens is 1. The minimum absolute atomic E-state index is 0.0644. The van der Waals surface area contributed by atoms with E-state index in [4.69, 9.17) is 11.6 Å². The van der Waals surface area contributed by atoms with Crippen molar-refractivity contribution in [1.29, 1.82) is 0 Å². The van der Waals surface area contributed by atoms with Crippen LogP contribution in [0.25, 0.3) is 10.6 Å². The van der Waals surface area contributed by atoms with E-state index in [1.165, 1.54) is 42.4 Å². The van der Waals surface area contributed by atoms with Crippen molar-refractivity contribution in [3.63, 3.8) is 0 Å². The number of thioether (sulfide) groups is 1. The van der Waals surface area contributed by atoms with E-state index in [1.807, 2.05) is 29.6 Å². The second kappa shape index (κ2) is 9.35. The van der Waals surface area contributed by atoms with Crippen LogP contribution < -0.4 is 5.56 Å². The Bertz CT molecular complexity index is 1280. The first-order valence-electron chi connectivity index (χ1n) is 10.6. The first kappa shape index (κ1) is 21.6. The molecule has 10 heteroatoms. The monoisotopic (exact) mass is 486 g/mol. The average Bonchev–Trinajstić information content (AvgIpc) is 3.46. The third-order valence-corrected chi connectivity index (χ3v) is 7.73.